The fourth-order valence-electron chi connectivity index (χ4n) is 3.01. The lowest BCUT2D eigenvalue weighted by Crippen LogP contribution is -2.24. The number of anilines is 2. The molecule has 0 saturated heterocycles. The van der Waals surface area contributed by atoms with E-state index >= 15 is 0 Å². The summed E-state index contributed by atoms with van der Waals surface area (Å²) in [5.41, 5.74) is 1.68. The minimum absolute atomic E-state index is 0.0318. The number of hydrogen-bond donors (Lipinski definition) is 3. The largest absolute Gasteiger partial charge is 0.370 e. The van der Waals surface area contributed by atoms with Gasteiger partial charge in [-0.3, -0.25) is 14.9 Å². The van der Waals surface area contributed by atoms with Crippen molar-refractivity contribution in [3.05, 3.63) is 62.6 Å². The second-order valence-electron chi connectivity index (χ2n) is 5.89. The van der Waals surface area contributed by atoms with Crippen molar-refractivity contribution in [2.45, 2.75) is 13.8 Å². The zero-order valence-corrected chi connectivity index (χ0v) is 14.9. The lowest BCUT2D eigenvalue weighted by Gasteiger charge is -2.24. The van der Waals surface area contributed by atoms with E-state index < -0.39 is 10.8 Å². The number of fused-ring (bicyclic) bond motifs is 1. The summed E-state index contributed by atoms with van der Waals surface area (Å²) in [6.07, 6.45) is 0. The van der Waals surface area contributed by atoms with Crippen LogP contribution in [0.3, 0.4) is 0 Å². The smallest absolute Gasteiger partial charge is 0.323 e. The molecule has 0 aliphatic heterocycles. The van der Waals surface area contributed by atoms with Crippen LogP contribution in [0.1, 0.15) is 24.2 Å². The number of carbonyl (C=O) groups excluding carboxylic acids is 1. The molecule has 3 aromatic rings. The molecule has 0 spiro atoms. The van der Waals surface area contributed by atoms with Gasteiger partial charge in [0.05, 0.1) is 27.3 Å². The van der Waals surface area contributed by atoms with Crippen molar-refractivity contribution in [2.24, 2.45) is 0 Å². The van der Waals surface area contributed by atoms with E-state index in [2.05, 4.69) is 15.3 Å². The lowest BCUT2D eigenvalue weighted by atomic mass is 10.1. The maximum atomic E-state index is 12.7. The number of nitro benzene ring substituents is 1. The molecule has 1 aromatic heterocycles. The third-order valence-electron chi connectivity index (χ3n) is 4.33. The monoisotopic (exact) mass is 369 g/mol. The highest BCUT2D eigenvalue weighted by atomic mass is 16.6. The fourth-order valence-corrected chi connectivity index (χ4v) is 3.01. The van der Waals surface area contributed by atoms with Crippen LogP contribution in [0, 0.1) is 10.1 Å². The van der Waals surface area contributed by atoms with E-state index in [-0.39, 0.29) is 16.9 Å². The van der Waals surface area contributed by atoms with Crippen LogP contribution in [0.4, 0.5) is 17.1 Å². The van der Waals surface area contributed by atoms with Crippen molar-refractivity contribution in [2.75, 3.05) is 23.3 Å². The zero-order chi connectivity index (χ0) is 19.6. The molecule has 2 aromatic carbocycles. The number of hydrogen-bond acceptors (Lipinski definition) is 5. The summed E-state index contributed by atoms with van der Waals surface area (Å²) in [5, 5.41) is 13.9. The number of nitrogens with zero attached hydrogens (tertiary/aromatic N) is 2. The summed E-state index contributed by atoms with van der Waals surface area (Å²) < 4.78 is 0. The van der Waals surface area contributed by atoms with Gasteiger partial charge in [0.25, 0.3) is 11.6 Å². The summed E-state index contributed by atoms with van der Waals surface area (Å²) in [6, 6.07) is 9.18. The Balaban J connectivity index is 2.07. The third-order valence-corrected chi connectivity index (χ3v) is 4.33. The Hall–Kier alpha value is -3.62. The molecule has 0 saturated carbocycles. The van der Waals surface area contributed by atoms with Crippen molar-refractivity contribution in [3.8, 4) is 0 Å². The first kappa shape index (κ1) is 18.2. The molecule has 3 N–H and O–H groups in total. The molecule has 0 radical (unpaired) electrons. The highest BCUT2D eigenvalue weighted by Crippen LogP contribution is 2.31. The predicted octanol–water partition coefficient (Wildman–Crippen LogP) is 2.86. The van der Waals surface area contributed by atoms with Gasteiger partial charge in [-0.2, -0.15) is 0 Å². The van der Waals surface area contributed by atoms with Gasteiger partial charge in [0.1, 0.15) is 5.56 Å². The molecule has 9 nitrogen and oxygen atoms in total. The number of imidazole rings is 1. The number of para-hydroxylation sites is 1. The maximum absolute atomic E-state index is 12.7. The Labute approximate surface area is 154 Å². The number of benzene rings is 2. The van der Waals surface area contributed by atoms with Gasteiger partial charge >= 0.3 is 5.69 Å². The third kappa shape index (κ3) is 3.52. The van der Waals surface area contributed by atoms with Crippen LogP contribution in [-0.4, -0.2) is 33.9 Å². The minimum atomic E-state index is -0.590. The van der Waals surface area contributed by atoms with Gasteiger partial charge in [-0.15, -0.1) is 0 Å². The summed E-state index contributed by atoms with van der Waals surface area (Å²) in [7, 11) is 0. The lowest BCUT2D eigenvalue weighted by molar-refractivity contribution is -0.385. The van der Waals surface area contributed by atoms with E-state index in [9.17, 15) is 19.7 Å². The maximum Gasteiger partial charge on any atom is 0.323 e. The van der Waals surface area contributed by atoms with Gasteiger partial charge in [0.15, 0.2) is 0 Å². The number of amides is 1. The summed E-state index contributed by atoms with van der Waals surface area (Å²) in [5.74, 6) is -0.590. The quantitative estimate of drug-likeness (QED) is 0.455. The molecule has 0 atom stereocenters. The van der Waals surface area contributed by atoms with Gasteiger partial charge < -0.3 is 20.2 Å². The second kappa shape index (κ2) is 7.32. The first-order chi connectivity index (χ1) is 12.9. The number of carbonyl (C=O) groups is 1. The normalized spacial score (nSPS) is 10.7. The van der Waals surface area contributed by atoms with Crippen molar-refractivity contribution in [3.63, 3.8) is 0 Å². The van der Waals surface area contributed by atoms with Gasteiger partial charge in [0.2, 0.25) is 0 Å². The molecule has 1 amide bonds. The van der Waals surface area contributed by atoms with Crippen molar-refractivity contribution < 1.29 is 9.72 Å². The van der Waals surface area contributed by atoms with Crippen LogP contribution in [0.5, 0.6) is 0 Å². The van der Waals surface area contributed by atoms with E-state index in [0.29, 0.717) is 29.8 Å². The van der Waals surface area contributed by atoms with Gasteiger partial charge in [-0.25, -0.2) is 4.79 Å². The summed E-state index contributed by atoms with van der Waals surface area (Å²) >= 11 is 0. The van der Waals surface area contributed by atoms with E-state index in [1.165, 1.54) is 18.2 Å². The SMILES string of the molecule is CCN(CC)c1cc2[nH]c(=O)[nH]c2cc1NC(=O)c1ccccc1[N+](=O)[O-]. The number of H-pyrrole nitrogens is 2. The van der Waals surface area contributed by atoms with E-state index in [1.54, 1.807) is 18.2 Å². The van der Waals surface area contributed by atoms with Crippen LogP contribution in [-0.2, 0) is 0 Å². The predicted molar refractivity (Wildman–Crippen MR) is 104 cm³/mol. The Kier molecular flexibility index (Phi) is 4.93. The van der Waals surface area contributed by atoms with Gasteiger partial charge in [-0.05, 0) is 32.0 Å². The van der Waals surface area contributed by atoms with Crippen LogP contribution >= 0.6 is 0 Å². The number of nitro groups is 1. The Morgan fingerprint density at radius 2 is 1.78 bits per heavy atom. The average Bonchev–Trinajstić information content (AvgIpc) is 3.01. The molecule has 0 unspecified atom stereocenters. The van der Waals surface area contributed by atoms with Gasteiger partial charge in [0, 0.05) is 19.2 Å². The van der Waals surface area contributed by atoms with Crippen molar-refractivity contribution in [1.29, 1.82) is 0 Å². The van der Waals surface area contributed by atoms with Gasteiger partial charge in [-0.1, -0.05) is 12.1 Å². The molecule has 9 heteroatoms. The van der Waals surface area contributed by atoms with Crippen LogP contribution in [0.15, 0.2) is 41.2 Å². The van der Waals surface area contributed by atoms with E-state index in [4.69, 9.17) is 0 Å². The molecular formula is C18H19N5O4. The first-order valence-electron chi connectivity index (χ1n) is 8.50. The number of aromatic nitrogens is 2. The molecule has 3 rings (SSSR count). The Bertz CT molecular complexity index is 1070. The fraction of sp³-hybridized carbons (Fsp3) is 0.222. The molecule has 27 heavy (non-hydrogen) atoms. The topological polar surface area (TPSA) is 124 Å². The van der Waals surface area contributed by atoms with Crippen molar-refractivity contribution in [1.82, 2.24) is 9.97 Å². The Morgan fingerprint density at radius 1 is 1.15 bits per heavy atom. The molecule has 1 heterocycles. The van der Waals surface area contributed by atoms with Crippen LogP contribution in [0.25, 0.3) is 11.0 Å². The molecule has 0 fully saturated rings. The first-order valence-corrected chi connectivity index (χ1v) is 8.50. The number of aromatic amines is 2. The van der Waals surface area contributed by atoms with E-state index in [1.807, 2.05) is 18.7 Å². The molecular weight excluding hydrogens is 350 g/mol. The highest BCUT2D eigenvalue weighted by molar-refractivity contribution is 6.09. The summed E-state index contributed by atoms with van der Waals surface area (Å²) in [4.78, 5) is 42.3. The standard InChI is InChI=1S/C18H19N5O4/c1-3-22(4-2)16-10-13-12(20-18(25)21-13)9-14(16)19-17(24)11-7-5-6-8-15(11)23(26)27/h5-10H,3-4H2,1-2H3,(H,19,24)(H2,20,21,25). The average molecular weight is 369 g/mol. The number of nitrogens with one attached hydrogen (secondary N) is 3. The number of rotatable bonds is 6. The molecule has 0 aliphatic carbocycles. The van der Waals surface area contributed by atoms with Crippen LogP contribution in [0.2, 0.25) is 0 Å². The zero-order valence-electron chi connectivity index (χ0n) is 14.9. The second-order valence-corrected chi connectivity index (χ2v) is 5.89. The van der Waals surface area contributed by atoms with E-state index in [0.717, 1.165) is 5.69 Å². The van der Waals surface area contributed by atoms with Crippen molar-refractivity contribution >= 4 is 34.0 Å². The molecule has 140 valence electrons. The summed E-state index contributed by atoms with van der Waals surface area (Å²) in [6.45, 7) is 5.32. The van der Waals surface area contributed by atoms with Crippen LogP contribution < -0.4 is 15.9 Å². The molecule has 0 bridgehead atoms. The minimum Gasteiger partial charge on any atom is -0.370 e. The highest BCUT2D eigenvalue weighted by Gasteiger charge is 2.21. The Morgan fingerprint density at radius 3 is 2.41 bits per heavy atom. The molecule has 0 aliphatic rings.